The largest absolute Gasteiger partial charge is 0.187 e. The maximum atomic E-state index is 0. The molecule has 1 radical (unpaired) electrons. The van der Waals surface area contributed by atoms with Crippen LogP contribution in [0.2, 0.25) is 0 Å². The Kier molecular flexibility index (Phi) is 230. The van der Waals surface area contributed by atoms with Crippen molar-refractivity contribution >= 4 is 17.4 Å². The third-order valence-electron chi connectivity index (χ3n) is 0. The Morgan fingerprint density at radius 1 is 1.00 bits per heavy atom. The van der Waals surface area contributed by atoms with Crippen molar-refractivity contribution in [2.75, 3.05) is 0 Å². The van der Waals surface area contributed by atoms with Crippen molar-refractivity contribution in [1.29, 1.82) is 0 Å². The van der Waals surface area contributed by atoms with Gasteiger partial charge in [0.2, 0.25) is 0 Å². The summed E-state index contributed by atoms with van der Waals surface area (Å²) < 4.78 is 0. The molecule has 0 rings (SSSR count). The number of hydrogen-bond acceptors (Lipinski definition) is 0. The van der Waals surface area contributed by atoms with Crippen LogP contribution in [-0.2, 0) is 81.5 Å². The van der Waals surface area contributed by atoms with Crippen LogP contribution in [0.1, 0.15) is 0 Å². The molecule has 35 valence electrons. The molecule has 5 heavy (non-hydrogen) atoms. The van der Waals surface area contributed by atoms with Crippen LogP contribution in [0, 0.1) is 0 Å². The van der Waals surface area contributed by atoms with Crippen molar-refractivity contribution < 1.29 is 81.5 Å². The fourth-order valence-electron chi connectivity index (χ4n) is 0. The molecule has 0 aliphatic carbocycles. The Morgan fingerprint density at radius 2 is 1.00 bits per heavy atom. The summed E-state index contributed by atoms with van der Waals surface area (Å²) in [6.07, 6.45) is 0. The first kappa shape index (κ1) is 42.1. The first-order chi connectivity index (χ1) is 0. The van der Waals surface area contributed by atoms with Crippen molar-refractivity contribution in [2.45, 2.75) is 0 Å². The average molecular weight is 291 g/mol. The molecule has 0 spiro atoms. The van der Waals surface area contributed by atoms with Gasteiger partial charge >= 0.3 is 0 Å². The van der Waals surface area contributed by atoms with Crippen LogP contribution in [0.3, 0.4) is 0 Å². The maximum Gasteiger partial charge on any atom is 0.187 e. The zero-order valence-electron chi connectivity index (χ0n) is 1.62. The molecule has 0 saturated carbocycles. The fraction of sp³-hybridized carbons (Fsp3) is 0. The normalized spacial score (nSPS) is 0. The van der Waals surface area contributed by atoms with Crippen LogP contribution < -0.4 is 0 Å². The molecule has 0 unspecified atom stereocenters. The molecule has 0 aromatic heterocycles. The van der Waals surface area contributed by atoms with E-state index in [-0.39, 0.29) is 98.8 Å². The van der Waals surface area contributed by atoms with Crippen molar-refractivity contribution in [1.82, 2.24) is 0 Å². The van der Waals surface area contributed by atoms with Crippen LogP contribution in [0.5, 0.6) is 0 Å². The third kappa shape index (κ3) is 19.1. The quantitative estimate of drug-likeness (QED) is 0.492. The van der Waals surface area contributed by atoms with Gasteiger partial charge in [-0.25, -0.2) is 0 Å². The Balaban J connectivity index is 0. The molecule has 0 nitrogen and oxygen atoms in total. The molecule has 0 aliphatic heterocycles. The minimum absolute atomic E-state index is 0. The second-order valence-corrected chi connectivity index (χ2v) is 0. The van der Waals surface area contributed by atoms with Crippen LogP contribution >= 0.6 is 0 Å². The van der Waals surface area contributed by atoms with Crippen LogP contribution in [0.25, 0.3) is 0 Å². The first-order valence-electron chi connectivity index (χ1n) is 0. The van der Waals surface area contributed by atoms with Gasteiger partial charge in [-0.15, -0.1) is 0 Å². The number of rotatable bonds is 0. The fourth-order valence-corrected chi connectivity index (χ4v) is 0. The second-order valence-electron chi connectivity index (χ2n) is 0. The SMILES string of the molecule is [AlH3].[Cu].[Ni].[Ti].[Zr]. The van der Waals surface area contributed by atoms with Crippen molar-refractivity contribution in [3.05, 3.63) is 0 Å². The summed E-state index contributed by atoms with van der Waals surface area (Å²) in [7, 11) is 0. The summed E-state index contributed by atoms with van der Waals surface area (Å²) in [5, 5.41) is 0. The Hall–Kier alpha value is 3.14. The van der Waals surface area contributed by atoms with E-state index >= 15 is 0 Å². The molecule has 0 N–H and O–H groups in total. The van der Waals surface area contributed by atoms with Gasteiger partial charge in [0.1, 0.15) is 0 Å². The molecule has 0 aliphatic rings. The Labute approximate surface area is 97.1 Å². The van der Waals surface area contributed by atoms with Gasteiger partial charge in [0.05, 0.1) is 0 Å². The number of hydrogen-bond donors (Lipinski definition) is 0. The van der Waals surface area contributed by atoms with Crippen LogP contribution in [-0.4, -0.2) is 17.4 Å². The summed E-state index contributed by atoms with van der Waals surface area (Å²) >= 11 is 0. The van der Waals surface area contributed by atoms with E-state index in [0.717, 1.165) is 0 Å². The standard InChI is InChI=1S/Al.Cu.Ni.Ti.Zr.3H. The van der Waals surface area contributed by atoms with Gasteiger partial charge in [-0.3, -0.25) is 0 Å². The van der Waals surface area contributed by atoms with E-state index in [4.69, 9.17) is 0 Å². The summed E-state index contributed by atoms with van der Waals surface area (Å²) in [5.74, 6) is 0. The van der Waals surface area contributed by atoms with E-state index in [0.29, 0.717) is 0 Å². The minimum Gasteiger partial charge on any atom is 0 e. The molecule has 0 saturated heterocycles. The van der Waals surface area contributed by atoms with E-state index in [2.05, 4.69) is 0 Å². The molecule has 5 heteroatoms. The molecule has 0 bridgehead atoms. The van der Waals surface area contributed by atoms with E-state index in [1.807, 2.05) is 0 Å². The van der Waals surface area contributed by atoms with E-state index < -0.39 is 0 Å². The van der Waals surface area contributed by atoms with Gasteiger partial charge in [-0.2, -0.15) is 0 Å². The maximum absolute atomic E-state index is 0. The van der Waals surface area contributed by atoms with Gasteiger partial charge < -0.3 is 0 Å². The molecule has 0 aromatic carbocycles. The smallest absolute Gasteiger partial charge is 0 e. The van der Waals surface area contributed by atoms with Crippen LogP contribution in [0.15, 0.2) is 0 Å². The summed E-state index contributed by atoms with van der Waals surface area (Å²) in [6.45, 7) is 0. The Bertz CT molecular complexity index is 11.6. The summed E-state index contributed by atoms with van der Waals surface area (Å²) in [4.78, 5) is 0. The van der Waals surface area contributed by atoms with E-state index in [9.17, 15) is 0 Å². The first-order valence-corrected chi connectivity index (χ1v) is 0. The van der Waals surface area contributed by atoms with Crippen molar-refractivity contribution in [3.8, 4) is 0 Å². The topological polar surface area (TPSA) is 0 Å². The molecule has 0 heterocycles. The predicted octanol–water partition coefficient (Wildman–Crippen LogP) is -1.19. The van der Waals surface area contributed by atoms with Gasteiger partial charge in [-0.05, 0) is 0 Å². The van der Waals surface area contributed by atoms with Crippen molar-refractivity contribution in [3.63, 3.8) is 0 Å². The van der Waals surface area contributed by atoms with Gasteiger partial charge in [-0.1, -0.05) is 0 Å². The monoisotopic (exact) mass is 289 g/mol. The average Bonchev–Trinajstić information content (AvgIpc) is 0. The van der Waals surface area contributed by atoms with Crippen molar-refractivity contribution in [2.24, 2.45) is 0 Å². The summed E-state index contributed by atoms with van der Waals surface area (Å²) in [6, 6.07) is 0. The predicted molar refractivity (Wildman–Crippen MR) is 9.94 cm³/mol. The minimum atomic E-state index is 0. The van der Waals surface area contributed by atoms with Gasteiger partial charge in [0, 0.05) is 81.5 Å². The van der Waals surface area contributed by atoms with Gasteiger partial charge in [0.25, 0.3) is 0 Å². The third-order valence-corrected chi connectivity index (χ3v) is 0. The summed E-state index contributed by atoms with van der Waals surface area (Å²) in [5.41, 5.74) is 0. The molecule has 0 amide bonds. The van der Waals surface area contributed by atoms with E-state index in [1.54, 1.807) is 0 Å². The molecule has 0 fully saturated rings. The molecule has 0 aromatic rings. The zero-order valence-corrected chi connectivity index (χ0v) is 7.57. The molecular weight excluding hydrogens is 288 g/mol. The second kappa shape index (κ2) is 27.3. The van der Waals surface area contributed by atoms with Crippen LogP contribution in [0.4, 0.5) is 0 Å². The Morgan fingerprint density at radius 3 is 1.00 bits per heavy atom. The molecule has 0 atom stereocenters. The zero-order chi connectivity index (χ0) is 0. The van der Waals surface area contributed by atoms with E-state index in [1.165, 1.54) is 0 Å². The molecular formula is H3AlCuNiTiZr. The van der Waals surface area contributed by atoms with Gasteiger partial charge in [0.15, 0.2) is 17.4 Å².